The van der Waals surface area contributed by atoms with Crippen molar-refractivity contribution in [3.8, 4) is 0 Å². The van der Waals surface area contributed by atoms with Crippen molar-refractivity contribution in [3.05, 3.63) is 46.7 Å². The molecule has 80 valence electrons. The van der Waals surface area contributed by atoms with Crippen molar-refractivity contribution in [3.63, 3.8) is 0 Å². The third kappa shape index (κ3) is 5.27. The van der Waals surface area contributed by atoms with Crippen LogP contribution in [0.3, 0.4) is 0 Å². The van der Waals surface area contributed by atoms with Crippen molar-refractivity contribution >= 4 is 11.3 Å². The predicted molar refractivity (Wildman–Crippen MR) is 65.1 cm³/mol. The molecule has 0 atom stereocenters. The number of aromatic nitrogens is 2. The second-order valence-corrected chi connectivity index (χ2v) is 3.92. The maximum atomic E-state index is 4.17. The SMILES string of the molecule is CCCc1ccccn1.Cc1cscn1. The van der Waals surface area contributed by atoms with Gasteiger partial charge in [0.05, 0.1) is 5.51 Å². The monoisotopic (exact) mass is 220 g/mol. The minimum absolute atomic E-state index is 1.10. The van der Waals surface area contributed by atoms with E-state index in [0.717, 1.165) is 12.1 Å². The van der Waals surface area contributed by atoms with E-state index in [1.807, 2.05) is 36.1 Å². The van der Waals surface area contributed by atoms with Gasteiger partial charge in [0.25, 0.3) is 0 Å². The summed E-state index contributed by atoms with van der Waals surface area (Å²) >= 11 is 1.63. The summed E-state index contributed by atoms with van der Waals surface area (Å²) in [5.41, 5.74) is 4.13. The molecule has 0 aliphatic rings. The Morgan fingerprint density at radius 1 is 1.27 bits per heavy atom. The molecular weight excluding hydrogens is 204 g/mol. The lowest BCUT2D eigenvalue weighted by atomic mass is 10.2. The molecule has 0 amide bonds. The Labute approximate surface area is 95.0 Å². The van der Waals surface area contributed by atoms with Crippen molar-refractivity contribution in [1.29, 1.82) is 0 Å². The molecule has 0 unspecified atom stereocenters. The summed E-state index contributed by atoms with van der Waals surface area (Å²) in [7, 11) is 0. The van der Waals surface area contributed by atoms with Crippen LogP contribution in [0.5, 0.6) is 0 Å². The molecule has 2 aromatic rings. The number of thiazole rings is 1. The average Bonchev–Trinajstić information content (AvgIpc) is 2.72. The minimum atomic E-state index is 1.10. The van der Waals surface area contributed by atoms with Crippen LogP contribution in [0.2, 0.25) is 0 Å². The number of aryl methyl sites for hydroxylation is 2. The van der Waals surface area contributed by atoms with Gasteiger partial charge in [0.2, 0.25) is 0 Å². The summed E-state index contributed by atoms with van der Waals surface area (Å²) < 4.78 is 0. The molecule has 0 saturated carbocycles. The van der Waals surface area contributed by atoms with Crippen LogP contribution in [0, 0.1) is 6.92 Å². The Kier molecular flexibility index (Phi) is 5.63. The van der Waals surface area contributed by atoms with Crippen LogP contribution in [0.4, 0.5) is 0 Å². The average molecular weight is 220 g/mol. The van der Waals surface area contributed by atoms with E-state index in [4.69, 9.17) is 0 Å². The molecule has 2 rings (SSSR count). The molecule has 3 heteroatoms. The third-order valence-electron chi connectivity index (χ3n) is 1.79. The number of pyridine rings is 1. The van der Waals surface area contributed by atoms with Crippen molar-refractivity contribution < 1.29 is 0 Å². The first kappa shape index (κ1) is 11.9. The normalized spacial score (nSPS) is 9.20. The maximum Gasteiger partial charge on any atom is 0.0794 e. The number of rotatable bonds is 2. The minimum Gasteiger partial charge on any atom is -0.261 e. The fourth-order valence-electron chi connectivity index (χ4n) is 1.08. The summed E-state index contributed by atoms with van der Waals surface area (Å²) in [5, 5.41) is 2.01. The predicted octanol–water partition coefficient (Wildman–Crippen LogP) is 3.49. The van der Waals surface area contributed by atoms with Crippen LogP contribution in [0.15, 0.2) is 35.3 Å². The lowest BCUT2D eigenvalue weighted by Crippen LogP contribution is -1.84. The molecule has 15 heavy (non-hydrogen) atoms. The molecular formula is C12H16N2S. The quantitative estimate of drug-likeness (QED) is 0.774. The molecule has 0 bridgehead atoms. The highest BCUT2D eigenvalue weighted by Crippen LogP contribution is 1.96. The standard InChI is InChI=1S/C8H11N.C4H5NS/c1-2-5-8-6-3-4-7-9-8;1-4-2-6-3-5-4/h3-4,6-7H,2,5H2,1H3;2-3H,1H3. The van der Waals surface area contributed by atoms with Gasteiger partial charge in [0.15, 0.2) is 0 Å². The van der Waals surface area contributed by atoms with Gasteiger partial charge in [0, 0.05) is 23.0 Å². The fraction of sp³-hybridized carbons (Fsp3) is 0.333. The molecule has 0 N–H and O–H groups in total. The Balaban J connectivity index is 0.000000162. The molecule has 2 nitrogen and oxygen atoms in total. The van der Waals surface area contributed by atoms with E-state index in [2.05, 4.69) is 23.0 Å². The van der Waals surface area contributed by atoms with Crippen molar-refractivity contribution in [1.82, 2.24) is 9.97 Å². The maximum absolute atomic E-state index is 4.17. The van der Waals surface area contributed by atoms with E-state index < -0.39 is 0 Å². The van der Waals surface area contributed by atoms with Gasteiger partial charge in [0.1, 0.15) is 0 Å². The molecule has 0 aliphatic carbocycles. The van der Waals surface area contributed by atoms with Gasteiger partial charge < -0.3 is 0 Å². The van der Waals surface area contributed by atoms with Crippen molar-refractivity contribution in [2.75, 3.05) is 0 Å². The van der Waals surface area contributed by atoms with Crippen molar-refractivity contribution in [2.45, 2.75) is 26.7 Å². The summed E-state index contributed by atoms with van der Waals surface area (Å²) in [6.07, 6.45) is 4.11. The molecule has 2 heterocycles. The Bertz CT molecular complexity index is 343. The van der Waals surface area contributed by atoms with Crippen molar-refractivity contribution in [2.24, 2.45) is 0 Å². The highest BCUT2D eigenvalue weighted by atomic mass is 32.1. The van der Waals surface area contributed by atoms with Crippen LogP contribution in [0.25, 0.3) is 0 Å². The summed E-state index contributed by atoms with van der Waals surface area (Å²) in [6.45, 7) is 4.14. The van der Waals surface area contributed by atoms with E-state index in [9.17, 15) is 0 Å². The second-order valence-electron chi connectivity index (χ2n) is 3.20. The smallest absolute Gasteiger partial charge is 0.0794 e. The lowest BCUT2D eigenvalue weighted by Gasteiger charge is -1.92. The topological polar surface area (TPSA) is 25.8 Å². The highest BCUT2D eigenvalue weighted by Gasteiger charge is 1.86. The van der Waals surface area contributed by atoms with Gasteiger partial charge in [-0.15, -0.1) is 11.3 Å². The van der Waals surface area contributed by atoms with Crippen LogP contribution in [-0.4, -0.2) is 9.97 Å². The van der Waals surface area contributed by atoms with Gasteiger partial charge in [-0.25, -0.2) is 0 Å². The zero-order valence-electron chi connectivity index (χ0n) is 9.18. The summed E-state index contributed by atoms with van der Waals surface area (Å²) in [4.78, 5) is 8.10. The van der Waals surface area contributed by atoms with Gasteiger partial charge in [-0.05, 0) is 25.5 Å². The van der Waals surface area contributed by atoms with Crippen LogP contribution >= 0.6 is 11.3 Å². The largest absolute Gasteiger partial charge is 0.261 e. The summed E-state index contributed by atoms with van der Waals surface area (Å²) in [5.74, 6) is 0. The molecule has 0 saturated heterocycles. The summed E-state index contributed by atoms with van der Waals surface area (Å²) in [6, 6.07) is 6.03. The van der Waals surface area contributed by atoms with Crippen LogP contribution < -0.4 is 0 Å². The molecule has 0 fully saturated rings. The Hall–Kier alpha value is -1.22. The molecule has 0 spiro atoms. The molecule has 0 aliphatic heterocycles. The number of hydrogen-bond acceptors (Lipinski definition) is 3. The first-order chi connectivity index (χ1) is 7.33. The first-order valence-corrected chi connectivity index (χ1v) is 6.02. The Morgan fingerprint density at radius 3 is 2.53 bits per heavy atom. The third-order valence-corrected chi connectivity index (χ3v) is 2.49. The van der Waals surface area contributed by atoms with Gasteiger partial charge in [-0.3, -0.25) is 9.97 Å². The molecule has 2 aromatic heterocycles. The molecule has 0 radical (unpaired) electrons. The lowest BCUT2D eigenvalue weighted by molar-refractivity contribution is 0.883. The fourth-order valence-corrected chi connectivity index (χ4v) is 1.62. The molecule has 0 aromatic carbocycles. The second kappa shape index (κ2) is 7.12. The first-order valence-electron chi connectivity index (χ1n) is 5.07. The zero-order chi connectivity index (χ0) is 10.9. The van der Waals surface area contributed by atoms with Gasteiger partial charge >= 0.3 is 0 Å². The van der Waals surface area contributed by atoms with Crippen LogP contribution in [-0.2, 0) is 6.42 Å². The van der Waals surface area contributed by atoms with Gasteiger partial charge in [-0.1, -0.05) is 19.4 Å². The zero-order valence-corrected chi connectivity index (χ0v) is 10.00. The van der Waals surface area contributed by atoms with E-state index >= 15 is 0 Å². The van der Waals surface area contributed by atoms with Gasteiger partial charge in [-0.2, -0.15) is 0 Å². The highest BCUT2D eigenvalue weighted by molar-refractivity contribution is 7.07. The number of nitrogens with zero attached hydrogens (tertiary/aromatic N) is 2. The van der Waals surface area contributed by atoms with E-state index in [-0.39, 0.29) is 0 Å². The van der Waals surface area contributed by atoms with E-state index in [0.29, 0.717) is 0 Å². The van der Waals surface area contributed by atoms with E-state index in [1.54, 1.807) is 11.3 Å². The number of hydrogen-bond donors (Lipinski definition) is 0. The Morgan fingerprint density at radius 2 is 2.13 bits per heavy atom. The van der Waals surface area contributed by atoms with E-state index in [1.165, 1.54) is 12.1 Å². The van der Waals surface area contributed by atoms with Crippen LogP contribution in [0.1, 0.15) is 24.7 Å².